The van der Waals surface area contributed by atoms with Gasteiger partial charge in [-0.05, 0) is 72.5 Å². The summed E-state index contributed by atoms with van der Waals surface area (Å²) in [6.07, 6.45) is 0. The summed E-state index contributed by atoms with van der Waals surface area (Å²) < 4.78 is 6.12. The van der Waals surface area contributed by atoms with Crippen molar-refractivity contribution in [2.45, 2.75) is 13.8 Å². The van der Waals surface area contributed by atoms with E-state index in [0.29, 0.717) is 0 Å². The molecule has 0 saturated heterocycles. The summed E-state index contributed by atoms with van der Waals surface area (Å²) in [5.41, 5.74) is 8.05. The monoisotopic (exact) mass is 454 g/mol. The molecule has 0 aliphatic rings. The van der Waals surface area contributed by atoms with Crippen LogP contribution in [0.15, 0.2) is 136 Å². The lowest BCUT2D eigenvalue weighted by atomic mass is 10.1. The fourth-order valence-corrected chi connectivity index (χ4v) is 4.00. The van der Waals surface area contributed by atoms with Gasteiger partial charge in [-0.2, -0.15) is 0 Å². The molecule has 5 rings (SSSR count). The normalized spacial score (nSPS) is 12.1. The number of aliphatic imine (C=N–C) groups is 2. The van der Waals surface area contributed by atoms with Crippen molar-refractivity contribution >= 4 is 22.8 Å². The second-order valence-electron chi connectivity index (χ2n) is 8.39. The predicted octanol–water partition coefficient (Wildman–Crippen LogP) is 8.90. The minimum absolute atomic E-state index is 0.734. The molecule has 35 heavy (non-hydrogen) atoms. The van der Waals surface area contributed by atoms with E-state index in [0.717, 1.165) is 45.4 Å². The quantitative estimate of drug-likeness (QED) is 0.236. The van der Waals surface area contributed by atoms with Gasteiger partial charge in [-0.1, -0.05) is 84.9 Å². The molecule has 0 atom stereocenters. The first-order valence-corrected chi connectivity index (χ1v) is 11.7. The van der Waals surface area contributed by atoms with Crippen LogP contribution in [-0.2, 0) is 0 Å². The molecule has 0 unspecified atom stereocenters. The minimum atomic E-state index is 0.734. The Balaban J connectivity index is 1.36. The van der Waals surface area contributed by atoms with Crippen LogP contribution in [0.2, 0.25) is 0 Å². The van der Waals surface area contributed by atoms with Crippen LogP contribution in [0.1, 0.15) is 25.4 Å². The van der Waals surface area contributed by atoms with Crippen molar-refractivity contribution in [3.05, 3.63) is 133 Å². The van der Waals surface area contributed by atoms with Gasteiger partial charge in [-0.25, -0.2) is 9.98 Å². The maximum Gasteiger partial charge on any atom is 0.148 e. The largest absolute Gasteiger partial charge is 0.454 e. The van der Waals surface area contributed by atoms with Crippen LogP contribution in [0.4, 0.5) is 11.4 Å². The zero-order valence-electron chi connectivity index (χ0n) is 19.8. The van der Waals surface area contributed by atoms with E-state index in [-0.39, 0.29) is 0 Å². The minimum Gasteiger partial charge on any atom is -0.454 e. The van der Waals surface area contributed by atoms with Gasteiger partial charge >= 0.3 is 0 Å². The molecule has 1 heterocycles. The van der Waals surface area contributed by atoms with E-state index in [2.05, 4.69) is 48.5 Å². The van der Waals surface area contributed by atoms with E-state index in [1.807, 2.05) is 86.6 Å². The first-order chi connectivity index (χ1) is 17.2. The molecule has 170 valence electrons. The Bertz CT molecular complexity index is 1380. The highest BCUT2D eigenvalue weighted by atomic mass is 16.3. The van der Waals surface area contributed by atoms with Crippen LogP contribution in [0, 0.1) is 0 Å². The van der Waals surface area contributed by atoms with Gasteiger partial charge < -0.3 is 4.42 Å². The fraction of sp³-hybridized carbons (Fsp3) is 0.0625. The van der Waals surface area contributed by atoms with Crippen molar-refractivity contribution < 1.29 is 4.42 Å². The average Bonchev–Trinajstić information content (AvgIpc) is 3.41. The Morgan fingerprint density at radius 1 is 0.457 bits per heavy atom. The average molecular weight is 455 g/mol. The van der Waals surface area contributed by atoms with Gasteiger partial charge in [-0.15, -0.1) is 0 Å². The van der Waals surface area contributed by atoms with Crippen LogP contribution < -0.4 is 0 Å². The third kappa shape index (κ3) is 5.36. The smallest absolute Gasteiger partial charge is 0.148 e. The molecule has 0 amide bonds. The first-order valence-electron chi connectivity index (χ1n) is 11.7. The molecule has 0 N–H and O–H groups in total. The highest BCUT2D eigenvalue weighted by Crippen LogP contribution is 2.26. The number of hydrogen-bond acceptors (Lipinski definition) is 3. The number of benzene rings is 4. The van der Waals surface area contributed by atoms with Gasteiger partial charge in [0.1, 0.15) is 11.5 Å². The van der Waals surface area contributed by atoms with Gasteiger partial charge in [-0.3, -0.25) is 0 Å². The Morgan fingerprint density at radius 2 is 0.857 bits per heavy atom. The van der Waals surface area contributed by atoms with Crippen LogP contribution in [0.25, 0.3) is 22.3 Å². The summed E-state index contributed by atoms with van der Waals surface area (Å²) >= 11 is 0. The summed E-state index contributed by atoms with van der Waals surface area (Å²) in [5, 5.41) is 0. The molecule has 1 aromatic heterocycles. The van der Waals surface area contributed by atoms with Crippen LogP contribution in [-0.4, -0.2) is 11.4 Å². The lowest BCUT2D eigenvalue weighted by Crippen LogP contribution is -1.93. The molecule has 0 bridgehead atoms. The van der Waals surface area contributed by atoms with Crippen molar-refractivity contribution in [2.75, 3.05) is 0 Å². The zero-order chi connectivity index (χ0) is 24.0. The van der Waals surface area contributed by atoms with Crippen LogP contribution in [0.3, 0.4) is 0 Å². The molecule has 0 aliphatic heterocycles. The third-order valence-corrected chi connectivity index (χ3v) is 5.82. The van der Waals surface area contributed by atoms with Gasteiger partial charge in [0.15, 0.2) is 0 Å². The Morgan fingerprint density at radius 3 is 1.29 bits per heavy atom. The SMILES string of the molecule is CC(=Nc1cccc(-c2ccccc2)c1)c1ccc(C(C)=Nc2cccc(-c3ccccc3)c2)o1. The molecule has 3 nitrogen and oxygen atoms in total. The van der Waals surface area contributed by atoms with E-state index in [4.69, 9.17) is 14.4 Å². The van der Waals surface area contributed by atoms with E-state index in [1.54, 1.807) is 0 Å². The standard InChI is InChI=1S/C32H26N2O/c1-23(33-29-17-9-15-27(21-29)25-11-5-3-6-12-25)31-19-20-32(35-31)24(2)34-30-18-10-16-28(22-30)26-13-7-4-8-14-26/h3-22H,1-2H3. The zero-order valence-corrected chi connectivity index (χ0v) is 19.8. The topological polar surface area (TPSA) is 37.9 Å². The molecule has 0 saturated carbocycles. The molecule has 0 spiro atoms. The van der Waals surface area contributed by atoms with Crippen molar-refractivity contribution in [3.63, 3.8) is 0 Å². The molecule has 3 heteroatoms. The summed E-state index contributed by atoms with van der Waals surface area (Å²) in [7, 11) is 0. The second kappa shape index (κ2) is 10.2. The van der Waals surface area contributed by atoms with Crippen molar-refractivity contribution in [1.29, 1.82) is 0 Å². The molecular weight excluding hydrogens is 428 g/mol. The molecule has 4 aromatic carbocycles. The summed E-state index contributed by atoms with van der Waals surface area (Å²) in [6.45, 7) is 3.93. The van der Waals surface area contributed by atoms with Crippen molar-refractivity contribution in [3.8, 4) is 22.3 Å². The highest BCUT2D eigenvalue weighted by Gasteiger charge is 2.09. The number of furan rings is 1. The lowest BCUT2D eigenvalue weighted by Gasteiger charge is -2.04. The maximum atomic E-state index is 6.12. The van der Waals surface area contributed by atoms with E-state index in [1.165, 1.54) is 11.1 Å². The number of hydrogen-bond donors (Lipinski definition) is 0. The maximum absolute atomic E-state index is 6.12. The Kier molecular flexibility index (Phi) is 6.49. The first kappa shape index (κ1) is 22.3. The summed E-state index contributed by atoms with van der Waals surface area (Å²) in [4.78, 5) is 9.60. The predicted molar refractivity (Wildman–Crippen MR) is 146 cm³/mol. The van der Waals surface area contributed by atoms with Crippen molar-refractivity contribution in [2.24, 2.45) is 9.98 Å². The van der Waals surface area contributed by atoms with E-state index < -0.39 is 0 Å². The number of nitrogens with zero attached hydrogens (tertiary/aromatic N) is 2. The lowest BCUT2D eigenvalue weighted by molar-refractivity contribution is 0.548. The molecule has 0 fully saturated rings. The molecule has 0 aliphatic carbocycles. The van der Waals surface area contributed by atoms with Crippen LogP contribution in [0.5, 0.6) is 0 Å². The van der Waals surface area contributed by atoms with Gasteiger partial charge in [0.2, 0.25) is 0 Å². The van der Waals surface area contributed by atoms with Crippen LogP contribution >= 0.6 is 0 Å². The van der Waals surface area contributed by atoms with E-state index in [9.17, 15) is 0 Å². The van der Waals surface area contributed by atoms with Crippen molar-refractivity contribution in [1.82, 2.24) is 0 Å². The highest BCUT2D eigenvalue weighted by molar-refractivity contribution is 6.01. The Labute approximate surface area is 206 Å². The summed E-state index contributed by atoms with van der Waals surface area (Å²) in [6, 6.07) is 41.0. The Hall–Kier alpha value is -4.50. The van der Waals surface area contributed by atoms with Gasteiger partial charge in [0.05, 0.1) is 22.8 Å². The number of rotatable bonds is 6. The van der Waals surface area contributed by atoms with Gasteiger partial charge in [0.25, 0.3) is 0 Å². The molecule has 5 aromatic rings. The van der Waals surface area contributed by atoms with Gasteiger partial charge in [0, 0.05) is 0 Å². The summed E-state index contributed by atoms with van der Waals surface area (Å²) in [5.74, 6) is 1.47. The molecular formula is C32H26N2O. The fourth-order valence-electron chi connectivity index (χ4n) is 4.00. The second-order valence-corrected chi connectivity index (χ2v) is 8.39. The third-order valence-electron chi connectivity index (χ3n) is 5.82. The molecule has 0 radical (unpaired) electrons. The van der Waals surface area contributed by atoms with E-state index >= 15 is 0 Å².